The summed E-state index contributed by atoms with van der Waals surface area (Å²) in [4.78, 5) is 19.0. The lowest BCUT2D eigenvalue weighted by Crippen LogP contribution is -2.21. The number of aromatic nitrogens is 1. The topological polar surface area (TPSA) is 53.4 Å². The maximum Gasteiger partial charge on any atom is 0.347 e. The van der Waals surface area contributed by atoms with Gasteiger partial charge in [-0.25, -0.2) is 9.78 Å². The highest BCUT2D eigenvalue weighted by Crippen LogP contribution is 2.27. The third-order valence-corrected chi connectivity index (χ3v) is 4.63. The molecule has 4 nitrogen and oxygen atoms in total. The lowest BCUT2D eigenvalue weighted by molar-refractivity contribution is 0.0701. The standard InChI is InChI=1S/C12H14N2O2S2/c1-3-14(7-9-5-4-6-17-9)12-13-8(2)10(18-12)11(15)16/h4-6H,3,7H2,1-2H3,(H,15,16). The van der Waals surface area contributed by atoms with E-state index in [1.807, 2.05) is 18.4 Å². The summed E-state index contributed by atoms with van der Waals surface area (Å²) in [7, 11) is 0. The van der Waals surface area contributed by atoms with Gasteiger partial charge < -0.3 is 10.0 Å². The van der Waals surface area contributed by atoms with E-state index in [0.717, 1.165) is 18.2 Å². The first kappa shape index (κ1) is 13.0. The zero-order valence-electron chi connectivity index (χ0n) is 10.2. The molecule has 0 fully saturated rings. The maximum atomic E-state index is 11.0. The summed E-state index contributed by atoms with van der Waals surface area (Å²) in [6.07, 6.45) is 0. The van der Waals surface area contributed by atoms with Crippen molar-refractivity contribution in [3.05, 3.63) is 33.0 Å². The van der Waals surface area contributed by atoms with Gasteiger partial charge in [-0.05, 0) is 25.3 Å². The minimum atomic E-state index is -0.900. The molecule has 0 aliphatic heterocycles. The number of carbonyl (C=O) groups is 1. The zero-order chi connectivity index (χ0) is 13.1. The molecule has 6 heteroatoms. The average molecular weight is 282 g/mol. The number of carboxylic acids is 1. The smallest absolute Gasteiger partial charge is 0.347 e. The van der Waals surface area contributed by atoms with Gasteiger partial charge in [-0.1, -0.05) is 17.4 Å². The molecule has 96 valence electrons. The van der Waals surface area contributed by atoms with Crippen molar-refractivity contribution < 1.29 is 9.90 Å². The van der Waals surface area contributed by atoms with Crippen molar-refractivity contribution in [2.24, 2.45) is 0 Å². The van der Waals surface area contributed by atoms with E-state index in [0.29, 0.717) is 10.6 Å². The van der Waals surface area contributed by atoms with E-state index in [4.69, 9.17) is 5.11 Å². The van der Waals surface area contributed by atoms with E-state index in [-0.39, 0.29) is 0 Å². The molecule has 2 heterocycles. The number of thiophene rings is 1. The SMILES string of the molecule is CCN(Cc1cccs1)c1nc(C)c(C(=O)O)s1. The summed E-state index contributed by atoms with van der Waals surface area (Å²) in [5, 5.41) is 11.9. The van der Waals surface area contributed by atoms with Gasteiger partial charge in [0.15, 0.2) is 5.13 Å². The Morgan fingerprint density at radius 2 is 2.33 bits per heavy atom. The predicted molar refractivity (Wildman–Crippen MR) is 74.9 cm³/mol. The lowest BCUT2D eigenvalue weighted by atomic mass is 10.4. The van der Waals surface area contributed by atoms with Gasteiger partial charge >= 0.3 is 5.97 Å². The molecule has 18 heavy (non-hydrogen) atoms. The van der Waals surface area contributed by atoms with Crippen LogP contribution in [0.1, 0.15) is 27.2 Å². The molecule has 2 aromatic rings. The Balaban J connectivity index is 2.22. The minimum absolute atomic E-state index is 0.328. The molecular weight excluding hydrogens is 268 g/mol. The van der Waals surface area contributed by atoms with E-state index in [2.05, 4.69) is 16.0 Å². The van der Waals surface area contributed by atoms with Crippen LogP contribution in [0.25, 0.3) is 0 Å². The van der Waals surface area contributed by atoms with E-state index < -0.39 is 5.97 Å². The normalized spacial score (nSPS) is 10.6. The van der Waals surface area contributed by atoms with Gasteiger partial charge in [-0.3, -0.25) is 0 Å². The van der Waals surface area contributed by atoms with E-state index >= 15 is 0 Å². The molecule has 0 aromatic carbocycles. The monoisotopic (exact) mass is 282 g/mol. The molecule has 0 saturated heterocycles. The van der Waals surface area contributed by atoms with Gasteiger partial charge in [0.05, 0.1) is 12.2 Å². The van der Waals surface area contributed by atoms with E-state index in [9.17, 15) is 4.79 Å². The number of hydrogen-bond donors (Lipinski definition) is 1. The maximum absolute atomic E-state index is 11.0. The lowest BCUT2D eigenvalue weighted by Gasteiger charge is -2.18. The molecule has 0 bridgehead atoms. The molecule has 0 spiro atoms. The molecule has 0 unspecified atom stereocenters. The number of aryl methyl sites for hydroxylation is 1. The molecule has 2 rings (SSSR count). The second-order valence-corrected chi connectivity index (χ2v) is 5.82. The number of rotatable bonds is 5. The Bertz CT molecular complexity index is 534. The summed E-state index contributed by atoms with van der Waals surface area (Å²) in [5.41, 5.74) is 0.590. The first-order chi connectivity index (χ1) is 8.61. The predicted octanol–water partition coefficient (Wildman–Crippen LogP) is 3.24. The second-order valence-electron chi connectivity index (χ2n) is 3.81. The van der Waals surface area contributed by atoms with Crippen molar-refractivity contribution in [2.45, 2.75) is 20.4 Å². The largest absolute Gasteiger partial charge is 0.477 e. The van der Waals surface area contributed by atoms with Crippen LogP contribution in [0, 0.1) is 6.92 Å². The average Bonchev–Trinajstić information content (AvgIpc) is 2.94. The molecule has 0 atom stereocenters. The van der Waals surface area contributed by atoms with Crippen molar-refractivity contribution in [1.82, 2.24) is 4.98 Å². The van der Waals surface area contributed by atoms with Crippen molar-refractivity contribution in [2.75, 3.05) is 11.4 Å². The summed E-state index contributed by atoms with van der Waals surface area (Å²) >= 11 is 2.94. The van der Waals surface area contributed by atoms with Crippen LogP contribution in [0.4, 0.5) is 5.13 Å². The van der Waals surface area contributed by atoms with Gasteiger partial charge in [0, 0.05) is 11.4 Å². The van der Waals surface area contributed by atoms with Crippen LogP contribution in [0.2, 0.25) is 0 Å². The van der Waals surface area contributed by atoms with Crippen LogP contribution >= 0.6 is 22.7 Å². The highest BCUT2D eigenvalue weighted by atomic mass is 32.1. The number of thiazole rings is 1. The van der Waals surface area contributed by atoms with Gasteiger partial charge in [0.25, 0.3) is 0 Å². The molecular formula is C12H14N2O2S2. The summed E-state index contributed by atoms with van der Waals surface area (Å²) < 4.78 is 0. The van der Waals surface area contributed by atoms with Crippen molar-refractivity contribution in [3.8, 4) is 0 Å². The van der Waals surface area contributed by atoms with E-state index in [1.54, 1.807) is 18.3 Å². The van der Waals surface area contributed by atoms with Crippen LogP contribution in [-0.4, -0.2) is 22.6 Å². The van der Waals surface area contributed by atoms with Gasteiger partial charge in [-0.2, -0.15) is 0 Å². The second kappa shape index (κ2) is 5.49. The fourth-order valence-corrected chi connectivity index (χ4v) is 3.31. The number of aromatic carboxylic acids is 1. The third-order valence-electron chi connectivity index (χ3n) is 2.56. The van der Waals surface area contributed by atoms with Crippen LogP contribution in [0.5, 0.6) is 0 Å². The molecule has 0 saturated carbocycles. The molecule has 0 radical (unpaired) electrons. The van der Waals surface area contributed by atoms with E-state index in [1.165, 1.54) is 16.2 Å². The van der Waals surface area contributed by atoms with Crippen molar-refractivity contribution in [1.29, 1.82) is 0 Å². The minimum Gasteiger partial charge on any atom is -0.477 e. The Hall–Kier alpha value is -1.40. The third kappa shape index (κ3) is 2.70. The van der Waals surface area contributed by atoms with Crippen LogP contribution in [-0.2, 0) is 6.54 Å². The Morgan fingerprint density at radius 3 is 2.83 bits per heavy atom. The quantitative estimate of drug-likeness (QED) is 0.914. The Morgan fingerprint density at radius 1 is 1.56 bits per heavy atom. The fourth-order valence-electron chi connectivity index (χ4n) is 1.62. The number of hydrogen-bond acceptors (Lipinski definition) is 5. The highest BCUT2D eigenvalue weighted by Gasteiger charge is 2.17. The van der Waals surface area contributed by atoms with Gasteiger partial charge in [0.1, 0.15) is 4.88 Å². The van der Waals surface area contributed by atoms with Gasteiger partial charge in [-0.15, -0.1) is 11.3 Å². The van der Waals surface area contributed by atoms with Crippen molar-refractivity contribution in [3.63, 3.8) is 0 Å². The number of anilines is 1. The number of carboxylic acid groups (broad SMARTS) is 1. The molecule has 0 aliphatic carbocycles. The van der Waals surface area contributed by atoms with Gasteiger partial charge in [0.2, 0.25) is 0 Å². The molecule has 2 aromatic heterocycles. The molecule has 0 amide bonds. The molecule has 1 N–H and O–H groups in total. The molecule has 0 aliphatic rings. The highest BCUT2D eigenvalue weighted by molar-refractivity contribution is 7.17. The fraction of sp³-hybridized carbons (Fsp3) is 0.333. The number of nitrogens with zero attached hydrogens (tertiary/aromatic N) is 2. The summed E-state index contributed by atoms with van der Waals surface area (Å²) in [6, 6.07) is 4.09. The van der Waals surface area contributed by atoms with Crippen molar-refractivity contribution >= 4 is 33.8 Å². The first-order valence-electron chi connectivity index (χ1n) is 5.60. The summed E-state index contributed by atoms with van der Waals surface area (Å²) in [5.74, 6) is -0.900. The first-order valence-corrected chi connectivity index (χ1v) is 7.29. The van der Waals surface area contributed by atoms with Crippen LogP contribution < -0.4 is 4.90 Å². The Kier molecular flexibility index (Phi) is 3.98. The zero-order valence-corrected chi connectivity index (χ0v) is 11.8. The van der Waals surface area contributed by atoms with Crippen LogP contribution in [0.3, 0.4) is 0 Å². The Labute approximate surface area is 114 Å². The van der Waals surface area contributed by atoms with Crippen LogP contribution in [0.15, 0.2) is 17.5 Å². The summed E-state index contributed by atoms with van der Waals surface area (Å²) in [6.45, 7) is 5.37.